The molecule has 2 heterocycles. The summed E-state index contributed by atoms with van der Waals surface area (Å²) in [4.78, 5) is 80.0. The highest BCUT2D eigenvalue weighted by molar-refractivity contribution is 7.99. The highest BCUT2D eigenvalue weighted by atomic mass is 32.2. The number of hydrogen-bond acceptors (Lipinski definition) is 13. The van der Waals surface area contributed by atoms with Crippen molar-refractivity contribution in [1.82, 2.24) is 19.6 Å². The van der Waals surface area contributed by atoms with Gasteiger partial charge >= 0.3 is 12.2 Å². The van der Waals surface area contributed by atoms with Crippen molar-refractivity contribution in [2.75, 3.05) is 52.5 Å². The van der Waals surface area contributed by atoms with E-state index in [2.05, 4.69) is 0 Å². The van der Waals surface area contributed by atoms with E-state index in [9.17, 15) is 49.6 Å². The molecule has 2 saturated heterocycles. The van der Waals surface area contributed by atoms with Crippen LogP contribution in [0.2, 0.25) is 0 Å². The van der Waals surface area contributed by atoms with Gasteiger partial charge in [-0.3, -0.25) is 29.8 Å². The maximum absolute atomic E-state index is 13.1. The van der Waals surface area contributed by atoms with E-state index >= 15 is 0 Å². The molecule has 18 nitrogen and oxygen atoms in total. The first-order chi connectivity index (χ1) is 26.7. The molecule has 2 fully saturated rings. The minimum atomic E-state index is -0.712. The molecule has 2 atom stereocenters. The van der Waals surface area contributed by atoms with Gasteiger partial charge in [0.2, 0.25) is 11.8 Å². The molecule has 19 heteroatoms. The SMILES string of the molecule is CC(C)(C)OC(=O)N1CCN(C(=O)/C=C/c2ccc(Sc3ccc(/C=C/C(=O)N4CCN(C(=O)OC(C)(C)C)CC4CO)cc3[N+](=O)[O-])c([N+](=O)[O-])c2)C(CO)C1. The second-order valence-electron chi connectivity index (χ2n) is 15.3. The zero-order valence-corrected chi connectivity index (χ0v) is 33.5. The second-order valence-corrected chi connectivity index (χ2v) is 16.4. The van der Waals surface area contributed by atoms with E-state index in [1.54, 1.807) is 41.5 Å². The number of carbonyl (C=O) groups excluding carboxylic acids is 4. The number of carbonyl (C=O) groups is 4. The zero-order chi connectivity index (χ0) is 42.2. The molecule has 57 heavy (non-hydrogen) atoms. The first-order valence-corrected chi connectivity index (χ1v) is 18.9. The summed E-state index contributed by atoms with van der Waals surface area (Å²) in [6, 6.07) is 6.95. The molecule has 308 valence electrons. The number of aliphatic hydroxyl groups excluding tert-OH is 2. The van der Waals surface area contributed by atoms with Crippen LogP contribution in [0.3, 0.4) is 0 Å². The Morgan fingerprint density at radius 1 is 0.702 bits per heavy atom. The third-order valence-electron chi connectivity index (χ3n) is 8.67. The van der Waals surface area contributed by atoms with E-state index < -0.39 is 70.3 Å². The highest BCUT2D eigenvalue weighted by Gasteiger charge is 2.35. The van der Waals surface area contributed by atoms with Crippen molar-refractivity contribution in [2.24, 2.45) is 0 Å². The molecule has 0 radical (unpaired) electrons. The predicted molar refractivity (Wildman–Crippen MR) is 209 cm³/mol. The van der Waals surface area contributed by atoms with Gasteiger partial charge in [-0.05, 0) is 77.0 Å². The smallest absolute Gasteiger partial charge is 0.410 e. The lowest BCUT2D eigenvalue weighted by Gasteiger charge is -2.40. The van der Waals surface area contributed by atoms with Crippen LogP contribution in [-0.2, 0) is 19.1 Å². The summed E-state index contributed by atoms with van der Waals surface area (Å²) in [6.45, 7) is 10.4. The lowest BCUT2D eigenvalue weighted by Crippen LogP contribution is -2.58. The Labute approximate surface area is 334 Å². The fraction of sp³-hybridized carbons (Fsp3) is 0.474. The van der Waals surface area contributed by atoms with Crippen LogP contribution >= 0.6 is 11.8 Å². The molecule has 0 spiro atoms. The number of rotatable bonds is 10. The number of hydrogen-bond donors (Lipinski definition) is 2. The van der Waals surface area contributed by atoms with Gasteiger partial charge in [-0.25, -0.2) is 9.59 Å². The average molecular weight is 813 g/mol. The van der Waals surface area contributed by atoms with E-state index in [-0.39, 0.29) is 60.4 Å². The van der Waals surface area contributed by atoms with Crippen molar-refractivity contribution >= 4 is 59.3 Å². The van der Waals surface area contributed by atoms with Crippen LogP contribution in [0.4, 0.5) is 21.0 Å². The van der Waals surface area contributed by atoms with Gasteiger partial charge in [0.1, 0.15) is 11.2 Å². The van der Waals surface area contributed by atoms with Gasteiger partial charge in [0.15, 0.2) is 0 Å². The van der Waals surface area contributed by atoms with Gasteiger partial charge in [0.25, 0.3) is 11.4 Å². The van der Waals surface area contributed by atoms with Gasteiger partial charge in [-0.1, -0.05) is 23.9 Å². The molecule has 2 aliphatic rings. The van der Waals surface area contributed by atoms with Gasteiger partial charge in [-0.15, -0.1) is 0 Å². The fourth-order valence-electron chi connectivity index (χ4n) is 5.97. The summed E-state index contributed by atoms with van der Waals surface area (Å²) < 4.78 is 10.8. The van der Waals surface area contributed by atoms with Gasteiger partial charge in [0.05, 0.1) is 44.9 Å². The molecular formula is C38H48N6O12S. The van der Waals surface area contributed by atoms with Crippen LogP contribution in [-0.4, -0.2) is 139 Å². The first kappa shape index (κ1) is 44.2. The van der Waals surface area contributed by atoms with Crippen LogP contribution in [0.5, 0.6) is 0 Å². The van der Waals surface area contributed by atoms with Crippen molar-refractivity contribution in [1.29, 1.82) is 0 Å². The summed E-state index contributed by atoms with van der Waals surface area (Å²) in [5, 5.41) is 44.1. The minimum absolute atomic E-state index is 0.0608. The van der Waals surface area contributed by atoms with Crippen LogP contribution in [0.15, 0.2) is 58.3 Å². The standard InChI is InChI=1S/C38H48N6O12S/c1-37(2,3)55-35(49)39-15-17-41(27(21-39)23-45)33(47)13-9-25-7-11-31(29(19-25)43(51)52)57-32-12-8-26(20-30(32)44(53)54)10-14-34(48)42-18-16-40(22-28(42)24-46)36(50)56-38(4,5)6/h7-14,19-20,27-28,45-46H,15-18,21-24H2,1-6H3/b13-9+,14-10+. The van der Waals surface area contributed by atoms with Crippen LogP contribution in [0.25, 0.3) is 12.2 Å². The summed E-state index contributed by atoms with van der Waals surface area (Å²) >= 11 is 0.805. The third kappa shape index (κ3) is 12.2. The minimum Gasteiger partial charge on any atom is -0.444 e. The first-order valence-electron chi connectivity index (χ1n) is 18.1. The lowest BCUT2D eigenvalue weighted by atomic mass is 10.1. The van der Waals surface area contributed by atoms with E-state index in [1.165, 1.54) is 80.3 Å². The summed E-state index contributed by atoms with van der Waals surface area (Å²) in [7, 11) is 0. The maximum atomic E-state index is 13.1. The average Bonchev–Trinajstić information content (AvgIpc) is 3.14. The molecule has 2 aromatic carbocycles. The number of nitrogens with zero attached hydrogens (tertiary/aromatic N) is 6. The monoisotopic (exact) mass is 812 g/mol. The molecule has 4 rings (SSSR count). The summed E-state index contributed by atoms with van der Waals surface area (Å²) in [6.07, 6.45) is 4.09. The van der Waals surface area contributed by atoms with Gasteiger partial charge in [0, 0.05) is 63.6 Å². The molecule has 2 aliphatic heterocycles. The molecule has 0 aromatic heterocycles. The molecular weight excluding hydrogens is 765 g/mol. The van der Waals surface area contributed by atoms with Crippen molar-refractivity contribution in [3.63, 3.8) is 0 Å². The molecule has 2 N–H and O–H groups in total. The number of nitro benzene ring substituents is 2. The van der Waals surface area contributed by atoms with E-state index in [1.807, 2.05) is 0 Å². The van der Waals surface area contributed by atoms with E-state index in [4.69, 9.17) is 9.47 Å². The Morgan fingerprint density at radius 3 is 1.39 bits per heavy atom. The number of benzene rings is 2. The summed E-state index contributed by atoms with van der Waals surface area (Å²) in [5.74, 6) is -0.945. The van der Waals surface area contributed by atoms with Gasteiger partial charge in [-0.2, -0.15) is 0 Å². The topological polar surface area (TPSA) is 226 Å². The van der Waals surface area contributed by atoms with Crippen molar-refractivity contribution < 1.29 is 48.7 Å². The highest BCUT2D eigenvalue weighted by Crippen LogP contribution is 2.40. The molecule has 0 bridgehead atoms. The summed E-state index contributed by atoms with van der Waals surface area (Å²) in [5.41, 5.74) is -1.53. The fourth-order valence-corrected chi connectivity index (χ4v) is 6.95. The molecule has 0 saturated carbocycles. The van der Waals surface area contributed by atoms with Gasteiger partial charge < -0.3 is 39.3 Å². The maximum Gasteiger partial charge on any atom is 0.410 e. The number of piperazine rings is 2. The molecule has 2 aromatic rings. The quantitative estimate of drug-likeness (QED) is 0.191. The van der Waals surface area contributed by atoms with Crippen LogP contribution in [0.1, 0.15) is 52.7 Å². The predicted octanol–water partition coefficient (Wildman–Crippen LogP) is 4.56. The number of ether oxygens (including phenoxy) is 2. The Morgan fingerprint density at radius 2 is 1.07 bits per heavy atom. The molecule has 2 unspecified atom stereocenters. The van der Waals surface area contributed by atoms with E-state index in [0.717, 1.165) is 11.8 Å². The number of nitro groups is 2. The molecule has 0 aliphatic carbocycles. The Balaban J connectivity index is 1.44. The Hall–Kier alpha value is -5.53. The Bertz CT molecular complexity index is 1790. The number of aliphatic hydroxyl groups is 2. The van der Waals surface area contributed by atoms with Crippen LogP contribution < -0.4 is 0 Å². The zero-order valence-electron chi connectivity index (χ0n) is 32.7. The number of amides is 4. The van der Waals surface area contributed by atoms with Crippen molar-refractivity contribution in [2.45, 2.75) is 74.6 Å². The van der Waals surface area contributed by atoms with Crippen molar-refractivity contribution in [3.8, 4) is 0 Å². The lowest BCUT2D eigenvalue weighted by molar-refractivity contribution is -0.388. The second kappa shape index (κ2) is 18.6. The largest absolute Gasteiger partial charge is 0.444 e. The Kier molecular flexibility index (Phi) is 14.4. The van der Waals surface area contributed by atoms with Crippen LogP contribution in [0, 0.1) is 20.2 Å². The van der Waals surface area contributed by atoms with Crippen molar-refractivity contribution in [3.05, 3.63) is 79.9 Å². The third-order valence-corrected chi connectivity index (χ3v) is 9.80. The normalized spacial score (nSPS) is 17.9. The molecule has 4 amide bonds. The van der Waals surface area contributed by atoms with E-state index in [0.29, 0.717) is 11.1 Å².